The van der Waals surface area contributed by atoms with Crippen LogP contribution < -0.4 is 4.74 Å². The Labute approximate surface area is 201 Å². The number of ether oxygens (including phenoxy) is 1. The molecule has 35 heavy (non-hydrogen) atoms. The number of allylic oxidation sites excluding steroid dienone is 1. The first-order valence-electron chi connectivity index (χ1n) is 11.9. The van der Waals surface area contributed by atoms with Crippen molar-refractivity contribution < 1.29 is 38.0 Å². The number of halogens is 3. The smallest absolute Gasteiger partial charge is 0.433 e. The molecule has 1 unspecified atom stereocenters. The number of rotatable bonds is 3. The van der Waals surface area contributed by atoms with E-state index in [1.807, 2.05) is 6.92 Å². The molecule has 9 heteroatoms. The first-order valence-corrected chi connectivity index (χ1v) is 11.9. The fourth-order valence-corrected chi connectivity index (χ4v) is 7.35. The fraction of sp³-hybridized carbons (Fsp3) is 0.615. The zero-order chi connectivity index (χ0) is 25.7. The Morgan fingerprint density at radius 2 is 1.94 bits per heavy atom. The molecule has 0 aliphatic heterocycles. The van der Waals surface area contributed by atoms with E-state index in [2.05, 4.69) is 18.8 Å². The van der Waals surface area contributed by atoms with Gasteiger partial charge in [0, 0.05) is 12.0 Å². The summed E-state index contributed by atoms with van der Waals surface area (Å²) in [5.41, 5.74) is -4.51. The molecule has 0 amide bonds. The number of nitrogens with zero attached hydrogens (tertiary/aromatic N) is 1. The average molecular weight is 494 g/mol. The van der Waals surface area contributed by atoms with Crippen molar-refractivity contribution in [3.8, 4) is 5.88 Å². The number of carbonyl (C=O) groups excluding carboxylic acids is 1. The summed E-state index contributed by atoms with van der Waals surface area (Å²) in [6.07, 6.45) is -3.85. The van der Waals surface area contributed by atoms with Gasteiger partial charge in [0.15, 0.2) is 17.5 Å². The molecule has 0 aromatic carbocycles. The van der Waals surface area contributed by atoms with Crippen LogP contribution in [0, 0.1) is 34.5 Å². The van der Waals surface area contributed by atoms with Gasteiger partial charge in [-0.1, -0.05) is 39.0 Å². The Balaban J connectivity index is 1.65. The maximum absolute atomic E-state index is 14.3. The molecule has 2 saturated carbocycles. The molecule has 0 saturated heterocycles. The Morgan fingerprint density at radius 1 is 1.26 bits per heavy atom. The van der Waals surface area contributed by atoms with Crippen molar-refractivity contribution in [2.24, 2.45) is 34.5 Å². The van der Waals surface area contributed by atoms with Crippen molar-refractivity contribution in [2.45, 2.75) is 58.1 Å². The molecule has 2 fully saturated rings. The highest BCUT2D eigenvalue weighted by Crippen LogP contribution is 2.71. The molecule has 5 rings (SSSR count). The van der Waals surface area contributed by atoms with Crippen molar-refractivity contribution >= 4 is 5.78 Å². The predicted octanol–water partition coefficient (Wildman–Crippen LogP) is 3.32. The van der Waals surface area contributed by atoms with Crippen molar-refractivity contribution in [3.05, 3.63) is 47.2 Å². The molecule has 0 radical (unpaired) electrons. The highest BCUT2D eigenvalue weighted by atomic mass is 19.4. The van der Waals surface area contributed by atoms with Gasteiger partial charge in [0.05, 0.1) is 12.0 Å². The Morgan fingerprint density at radius 3 is 2.57 bits per heavy atom. The Bertz CT molecular complexity index is 1140. The van der Waals surface area contributed by atoms with E-state index in [1.165, 1.54) is 6.07 Å². The van der Waals surface area contributed by atoms with Crippen LogP contribution in [-0.2, 0) is 11.0 Å². The lowest BCUT2D eigenvalue weighted by Crippen LogP contribution is -2.66. The molecular formula is C26H30F3NO5. The molecule has 8 atom stereocenters. The maximum Gasteiger partial charge on any atom is 0.433 e. The third-order valence-electron chi connectivity index (χ3n) is 9.15. The largest absolute Gasteiger partial charge is 0.467 e. The summed E-state index contributed by atoms with van der Waals surface area (Å²) in [6.45, 7) is 7.10. The van der Waals surface area contributed by atoms with E-state index < -0.39 is 53.5 Å². The van der Waals surface area contributed by atoms with Crippen LogP contribution in [0.25, 0.3) is 0 Å². The first kappa shape index (κ1) is 24.5. The van der Waals surface area contributed by atoms with E-state index >= 15 is 0 Å². The van der Waals surface area contributed by atoms with Crippen molar-refractivity contribution in [1.82, 2.24) is 4.98 Å². The van der Waals surface area contributed by atoms with Gasteiger partial charge in [0.2, 0.25) is 5.88 Å². The number of hydrogen-bond donors (Lipinski definition) is 3. The van der Waals surface area contributed by atoms with Crippen LogP contribution in [-0.4, -0.2) is 50.5 Å². The number of aliphatic hydroxyl groups excluding tert-OH is 2. The number of pyridine rings is 1. The Kier molecular flexibility index (Phi) is 5.17. The number of hydrogen-bond acceptors (Lipinski definition) is 6. The first-order chi connectivity index (χ1) is 16.2. The number of aliphatic hydroxyl groups is 3. The highest BCUT2D eigenvalue weighted by Gasteiger charge is 2.76. The quantitative estimate of drug-likeness (QED) is 0.559. The van der Waals surface area contributed by atoms with Gasteiger partial charge < -0.3 is 20.1 Å². The second kappa shape index (κ2) is 7.40. The van der Waals surface area contributed by atoms with Crippen LogP contribution in [0.1, 0.15) is 39.8 Å². The molecule has 1 aromatic rings. The van der Waals surface area contributed by atoms with Gasteiger partial charge in [0.1, 0.15) is 11.8 Å². The maximum atomic E-state index is 14.3. The summed E-state index contributed by atoms with van der Waals surface area (Å²) >= 11 is 0. The van der Waals surface area contributed by atoms with E-state index in [-0.39, 0.29) is 34.5 Å². The standard InChI is InChI=1S/C26H30F3NO5/c1-12-10-24-13(2)8-16-19(23(16,3)4)15(21(24)33)9-14(11-31)20(32)25(24,34)22(12)35-18-7-5-6-17(30-18)26(27,28)29/h5-7,9-10,13,15-16,19-20,22,31-32,34H,8,11H2,1-4H3/t13-,15+,16-,19+,20-,22+,24?,25+/m1/s1. The topological polar surface area (TPSA) is 99.9 Å². The lowest BCUT2D eigenvalue weighted by molar-refractivity contribution is -0.186. The van der Waals surface area contributed by atoms with Gasteiger partial charge in [-0.05, 0) is 53.7 Å². The van der Waals surface area contributed by atoms with Crippen LogP contribution in [0.2, 0.25) is 0 Å². The van der Waals surface area contributed by atoms with Crippen molar-refractivity contribution in [3.63, 3.8) is 0 Å². The number of carbonyl (C=O) groups is 1. The molecule has 1 aromatic heterocycles. The monoisotopic (exact) mass is 493 g/mol. The van der Waals surface area contributed by atoms with Gasteiger partial charge >= 0.3 is 6.18 Å². The Hall–Kier alpha value is -2.23. The lowest BCUT2D eigenvalue weighted by atomic mass is 9.59. The molecule has 190 valence electrons. The minimum absolute atomic E-state index is 0.00623. The van der Waals surface area contributed by atoms with E-state index in [4.69, 9.17) is 4.74 Å². The zero-order valence-corrected chi connectivity index (χ0v) is 20.0. The summed E-state index contributed by atoms with van der Waals surface area (Å²) in [7, 11) is 0. The number of alkyl halides is 3. The SMILES string of the molecule is CC1=CC23C(=O)[C@@H](C=C(CO)[C@@H](O)[C@]2(O)[C@H]1Oc1cccc(C(F)(F)F)n1)[C@H]1[C@@H](C[C@H]3C)C1(C)C. The summed E-state index contributed by atoms with van der Waals surface area (Å²) in [5, 5.41) is 33.9. The third kappa shape index (κ3) is 3.07. The molecule has 4 aliphatic carbocycles. The van der Waals surface area contributed by atoms with Gasteiger partial charge in [-0.25, -0.2) is 4.98 Å². The summed E-state index contributed by atoms with van der Waals surface area (Å²) in [4.78, 5) is 17.8. The molecule has 6 nitrogen and oxygen atoms in total. The second-order valence-corrected chi connectivity index (χ2v) is 11.2. The summed E-state index contributed by atoms with van der Waals surface area (Å²) < 4.78 is 45.6. The van der Waals surface area contributed by atoms with Crippen LogP contribution >= 0.6 is 0 Å². The average Bonchev–Trinajstić information content (AvgIpc) is 3.27. The predicted molar refractivity (Wildman–Crippen MR) is 119 cm³/mol. The van der Waals surface area contributed by atoms with E-state index in [0.29, 0.717) is 12.0 Å². The normalized spacial score (nSPS) is 41.7. The van der Waals surface area contributed by atoms with Crippen molar-refractivity contribution in [1.29, 1.82) is 0 Å². The van der Waals surface area contributed by atoms with Gasteiger partial charge in [-0.15, -0.1) is 0 Å². The number of ketones is 1. The van der Waals surface area contributed by atoms with Crippen LogP contribution in [0.3, 0.4) is 0 Å². The van der Waals surface area contributed by atoms with Gasteiger partial charge in [-0.3, -0.25) is 4.79 Å². The van der Waals surface area contributed by atoms with E-state index in [0.717, 1.165) is 12.1 Å². The third-order valence-corrected chi connectivity index (χ3v) is 9.15. The second-order valence-electron chi connectivity index (χ2n) is 11.2. The van der Waals surface area contributed by atoms with Crippen molar-refractivity contribution in [2.75, 3.05) is 6.61 Å². The van der Waals surface area contributed by atoms with Crippen LogP contribution in [0.15, 0.2) is 41.5 Å². The highest BCUT2D eigenvalue weighted by molar-refractivity contribution is 5.95. The van der Waals surface area contributed by atoms with Crippen LogP contribution in [0.4, 0.5) is 13.2 Å². The fourth-order valence-electron chi connectivity index (χ4n) is 7.35. The molecule has 2 bridgehead atoms. The number of aromatic nitrogens is 1. The number of fused-ring (bicyclic) bond motifs is 3. The zero-order valence-electron chi connectivity index (χ0n) is 20.0. The molecule has 3 N–H and O–H groups in total. The minimum Gasteiger partial charge on any atom is -0.467 e. The van der Waals surface area contributed by atoms with E-state index in [9.17, 15) is 33.3 Å². The van der Waals surface area contributed by atoms with Crippen LogP contribution in [0.5, 0.6) is 5.88 Å². The summed E-state index contributed by atoms with van der Waals surface area (Å²) in [5.74, 6) is -1.41. The van der Waals surface area contributed by atoms with Gasteiger partial charge in [-0.2, -0.15) is 13.2 Å². The van der Waals surface area contributed by atoms with Gasteiger partial charge in [0.25, 0.3) is 0 Å². The minimum atomic E-state index is -4.69. The molecule has 1 heterocycles. The molecule has 4 aliphatic rings. The molecule has 1 spiro atoms. The summed E-state index contributed by atoms with van der Waals surface area (Å²) in [6, 6.07) is 3.19. The molecular weight excluding hydrogens is 463 g/mol. The van der Waals surface area contributed by atoms with E-state index in [1.54, 1.807) is 19.1 Å². The number of Topliss-reactive ketones (excluding diaryl/α,β-unsaturated/α-hetero) is 1. The lowest BCUT2D eigenvalue weighted by Gasteiger charge is -2.48.